The molecule has 4 rings (SSSR count). The fourth-order valence-electron chi connectivity index (χ4n) is 2.79. The lowest BCUT2D eigenvalue weighted by atomic mass is 10.2. The molecule has 5 heteroatoms. The Morgan fingerprint density at radius 1 is 1.21 bits per heavy atom. The van der Waals surface area contributed by atoms with Gasteiger partial charge in [-0.1, -0.05) is 18.2 Å². The predicted molar refractivity (Wildman–Crippen MR) is 94.0 cm³/mol. The molecule has 118 valence electrons. The van der Waals surface area contributed by atoms with Crippen molar-refractivity contribution >= 4 is 28.1 Å². The third-order valence-corrected chi connectivity index (χ3v) is 3.91. The molecule has 0 spiro atoms. The Balaban J connectivity index is 1.57. The van der Waals surface area contributed by atoms with Crippen LogP contribution in [0.4, 0.5) is 5.69 Å². The Morgan fingerprint density at radius 3 is 3.00 bits per heavy atom. The number of carbonyl (C=O) groups excluding carboxylic acids is 1. The fourth-order valence-corrected chi connectivity index (χ4v) is 2.79. The molecule has 0 fully saturated rings. The fraction of sp³-hybridized carbons (Fsp3) is 0.105. The number of benzene rings is 1. The molecule has 0 bridgehead atoms. The average molecular weight is 316 g/mol. The van der Waals surface area contributed by atoms with Gasteiger partial charge in [0, 0.05) is 24.0 Å². The molecule has 0 unspecified atom stereocenters. The van der Waals surface area contributed by atoms with Crippen LogP contribution in [0.15, 0.2) is 61.1 Å². The van der Waals surface area contributed by atoms with Crippen molar-refractivity contribution < 1.29 is 4.79 Å². The number of nitrogens with one attached hydrogen (secondary N) is 1. The quantitative estimate of drug-likeness (QED) is 0.630. The van der Waals surface area contributed by atoms with Crippen LogP contribution in [-0.2, 0) is 11.2 Å². The van der Waals surface area contributed by atoms with Gasteiger partial charge in [0.15, 0.2) is 0 Å². The summed E-state index contributed by atoms with van der Waals surface area (Å²) in [6.07, 6.45) is 5.79. The molecule has 0 saturated heterocycles. The van der Waals surface area contributed by atoms with E-state index >= 15 is 0 Å². The number of hydrogen-bond acceptors (Lipinski definition) is 3. The molecule has 3 heterocycles. The van der Waals surface area contributed by atoms with Gasteiger partial charge in [-0.15, -0.1) is 0 Å². The van der Waals surface area contributed by atoms with Gasteiger partial charge in [0.25, 0.3) is 0 Å². The molecular formula is C19H16N4O. The summed E-state index contributed by atoms with van der Waals surface area (Å²) >= 11 is 0. The van der Waals surface area contributed by atoms with Crippen LogP contribution in [0.1, 0.15) is 11.3 Å². The minimum Gasteiger partial charge on any atom is -0.324 e. The number of hydrogen-bond donors (Lipinski definition) is 1. The smallest absolute Gasteiger partial charge is 0.230 e. The molecule has 0 radical (unpaired) electrons. The van der Waals surface area contributed by atoms with Crippen molar-refractivity contribution in [2.45, 2.75) is 13.3 Å². The van der Waals surface area contributed by atoms with Crippen molar-refractivity contribution in [3.8, 4) is 0 Å². The molecule has 1 N–H and O–H groups in total. The zero-order valence-electron chi connectivity index (χ0n) is 13.2. The van der Waals surface area contributed by atoms with Crippen LogP contribution in [-0.4, -0.2) is 20.3 Å². The summed E-state index contributed by atoms with van der Waals surface area (Å²) in [5.41, 5.74) is 4.25. The maximum atomic E-state index is 12.4. The summed E-state index contributed by atoms with van der Waals surface area (Å²) in [6.45, 7) is 2.02. The minimum absolute atomic E-state index is 0.103. The number of aromatic nitrogens is 3. The number of carbonyl (C=O) groups is 1. The van der Waals surface area contributed by atoms with E-state index in [1.807, 2.05) is 66.2 Å². The van der Waals surface area contributed by atoms with Gasteiger partial charge in [0.1, 0.15) is 5.65 Å². The summed E-state index contributed by atoms with van der Waals surface area (Å²) < 4.78 is 1.93. The molecule has 24 heavy (non-hydrogen) atoms. The number of imidazole rings is 1. The number of aryl methyl sites for hydroxylation is 1. The average Bonchev–Trinajstić information content (AvgIpc) is 2.96. The van der Waals surface area contributed by atoms with Crippen molar-refractivity contribution in [3.63, 3.8) is 0 Å². The first-order valence-electron chi connectivity index (χ1n) is 7.77. The lowest BCUT2D eigenvalue weighted by Crippen LogP contribution is -2.15. The molecule has 4 aromatic rings. The number of amides is 1. The van der Waals surface area contributed by atoms with Gasteiger partial charge < -0.3 is 9.72 Å². The number of rotatable bonds is 3. The Bertz CT molecular complexity index is 1050. The second kappa shape index (κ2) is 5.77. The van der Waals surface area contributed by atoms with Crippen molar-refractivity contribution in [1.29, 1.82) is 0 Å². The molecule has 0 aliphatic carbocycles. The topological polar surface area (TPSA) is 59.3 Å². The van der Waals surface area contributed by atoms with E-state index in [0.29, 0.717) is 0 Å². The highest BCUT2D eigenvalue weighted by molar-refractivity contribution is 6.00. The van der Waals surface area contributed by atoms with Gasteiger partial charge >= 0.3 is 0 Å². The molecule has 0 aliphatic heterocycles. The van der Waals surface area contributed by atoms with E-state index in [-0.39, 0.29) is 12.3 Å². The third-order valence-electron chi connectivity index (χ3n) is 3.91. The highest BCUT2D eigenvalue weighted by atomic mass is 16.1. The third kappa shape index (κ3) is 2.72. The molecule has 5 nitrogen and oxygen atoms in total. The lowest BCUT2D eigenvalue weighted by molar-refractivity contribution is -0.115. The van der Waals surface area contributed by atoms with Crippen LogP contribution >= 0.6 is 0 Å². The first kappa shape index (κ1) is 14.4. The largest absolute Gasteiger partial charge is 0.324 e. The van der Waals surface area contributed by atoms with E-state index in [9.17, 15) is 4.79 Å². The second-order valence-corrected chi connectivity index (χ2v) is 5.81. The Labute approximate surface area is 139 Å². The molecule has 0 atom stereocenters. The van der Waals surface area contributed by atoms with Gasteiger partial charge in [0.2, 0.25) is 5.91 Å². The summed E-state index contributed by atoms with van der Waals surface area (Å²) in [5.74, 6) is -0.103. The van der Waals surface area contributed by atoms with Crippen LogP contribution in [0, 0.1) is 6.92 Å². The number of para-hydroxylation sites is 1. The Hall–Kier alpha value is -3.21. The maximum absolute atomic E-state index is 12.4. The number of pyridine rings is 2. The second-order valence-electron chi connectivity index (χ2n) is 5.81. The van der Waals surface area contributed by atoms with E-state index in [2.05, 4.69) is 15.3 Å². The molecular weight excluding hydrogens is 300 g/mol. The van der Waals surface area contributed by atoms with Gasteiger partial charge in [0.05, 0.1) is 23.3 Å². The summed E-state index contributed by atoms with van der Waals surface area (Å²) in [6, 6.07) is 13.6. The zero-order chi connectivity index (χ0) is 16.5. The predicted octanol–water partition coefficient (Wildman–Crippen LogP) is 3.37. The highest BCUT2D eigenvalue weighted by Crippen LogP contribution is 2.20. The number of anilines is 1. The monoisotopic (exact) mass is 316 g/mol. The van der Waals surface area contributed by atoms with Crippen molar-refractivity contribution in [2.24, 2.45) is 0 Å². The van der Waals surface area contributed by atoms with Gasteiger partial charge in [-0.25, -0.2) is 4.98 Å². The van der Waals surface area contributed by atoms with Gasteiger partial charge in [-0.2, -0.15) is 0 Å². The molecule has 0 aliphatic rings. The van der Waals surface area contributed by atoms with Crippen LogP contribution in [0.3, 0.4) is 0 Å². The van der Waals surface area contributed by atoms with Gasteiger partial charge in [-0.3, -0.25) is 9.78 Å². The minimum atomic E-state index is -0.103. The van der Waals surface area contributed by atoms with E-state index in [4.69, 9.17) is 0 Å². The molecule has 0 saturated carbocycles. The standard InChI is InChI=1S/C19H16N4O/c1-13-7-9-23-12-15(21-17(23)10-13)11-18(24)22-16-6-2-4-14-5-3-8-20-19(14)16/h2-10,12H,11H2,1H3,(H,22,24). The number of nitrogens with zero attached hydrogens (tertiary/aromatic N) is 3. The van der Waals surface area contributed by atoms with Crippen LogP contribution < -0.4 is 5.32 Å². The zero-order valence-corrected chi connectivity index (χ0v) is 13.2. The van der Waals surface area contributed by atoms with Crippen LogP contribution in [0.5, 0.6) is 0 Å². The first-order chi connectivity index (χ1) is 11.7. The normalized spacial score (nSPS) is 11.0. The molecule has 3 aromatic heterocycles. The SMILES string of the molecule is Cc1ccn2cc(CC(=O)Nc3cccc4cccnc34)nc2c1. The van der Waals surface area contributed by atoms with E-state index in [0.717, 1.165) is 33.5 Å². The molecule has 1 amide bonds. The number of fused-ring (bicyclic) bond motifs is 2. The summed E-state index contributed by atoms with van der Waals surface area (Å²) in [7, 11) is 0. The first-order valence-corrected chi connectivity index (χ1v) is 7.77. The molecule has 1 aromatic carbocycles. The lowest BCUT2D eigenvalue weighted by Gasteiger charge is -2.07. The van der Waals surface area contributed by atoms with E-state index in [1.54, 1.807) is 6.20 Å². The highest BCUT2D eigenvalue weighted by Gasteiger charge is 2.10. The van der Waals surface area contributed by atoms with E-state index in [1.165, 1.54) is 0 Å². The maximum Gasteiger partial charge on any atom is 0.230 e. The Morgan fingerprint density at radius 2 is 2.08 bits per heavy atom. The van der Waals surface area contributed by atoms with Crippen LogP contribution in [0.25, 0.3) is 16.6 Å². The summed E-state index contributed by atoms with van der Waals surface area (Å²) in [4.78, 5) is 21.2. The van der Waals surface area contributed by atoms with Gasteiger partial charge in [-0.05, 0) is 36.8 Å². The van der Waals surface area contributed by atoms with E-state index < -0.39 is 0 Å². The Kier molecular flexibility index (Phi) is 3.46. The van der Waals surface area contributed by atoms with Crippen molar-refractivity contribution in [3.05, 3.63) is 72.3 Å². The summed E-state index contributed by atoms with van der Waals surface area (Å²) in [5, 5.41) is 3.94. The van der Waals surface area contributed by atoms with Crippen LogP contribution in [0.2, 0.25) is 0 Å². The van der Waals surface area contributed by atoms with Crippen molar-refractivity contribution in [2.75, 3.05) is 5.32 Å². The van der Waals surface area contributed by atoms with Crippen molar-refractivity contribution in [1.82, 2.24) is 14.4 Å².